The third kappa shape index (κ3) is 6.13. The molecule has 0 spiro atoms. The Kier molecular flexibility index (Phi) is 7.41. The third-order valence-electron chi connectivity index (χ3n) is 4.71. The van der Waals surface area contributed by atoms with Crippen LogP contribution >= 0.6 is 22.9 Å². The van der Waals surface area contributed by atoms with E-state index in [1.807, 2.05) is 32.0 Å². The summed E-state index contributed by atoms with van der Waals surface area (Å²) in [4.78, 5) is 20.9. The van der Waals surface area contributed by atoms with Gasteiger partial charge in [0.25, 0.3) is 0 Å². The van der Waals surface area contributed by atoms with Gasteiger partial charge in [0.2, 0.25) is 11.8 Å². The second kappa shape index (κ2) is 10.0. The van der Waals surface area contributed by atoms with Crippen LogP contribution < -0.4 is 15.4 Å². The number of rotatable bonds is 10. The molecule has 2 aromatic heterocycles. The molecule has 1 aromatic carbocycles. The molecule has 6 nitrogen and oxygen atoms in total. The number of halogens is 1. The fourth-order valence-electron chi connectivity index (χ4n) is 2.68. The molecule has 0 saturated heterocycles. The molecule has 2 N–H and O–H groups in total. The number of amides is 1. The summed E-state index contributed by atoms with van der Waals surface area (Å²) in [6, 6.07) is 11.5. The van der Waals surface area contributed by atoms with Crippen molar-refractivity contribution in [2.45, 2.75) is 32.2 Å². The highest BCUT2D eigenvalue weighted by Gasteiger charge is 2.24. The Balaban J connectivity index is 1.42. The van der Waals surface area contributed by atoms with Crippen molar-refractivity contribution < 1.29 is 9.53 Å². The lowest BCUT2D eigenvalue weighted by Gasteiger charge is -2.29. The van der Waals surface area contributed by atoms with E-state index in [0.717, 1.165) is 23.4 Å². The number of nitrogens with one attached hydrogen (secondary N) is 2. The maximum atomic E-state index is 12.2. The lowest BCUT2D eigenvalue weighted by molar-refractivity contribution is -0.120. The van der Waals surface area contributed by atoms with Gasteiger partial charge in [-0.05, 0) is 37.6 Å². The van der Waals surface area contributed by atoms with Gasteiger partial charge in [0.15, 0.2) is 0 Å². The van der Waals surface area contributed by atoms with Gasteiger partial charge in [0, 0.05) is 24.7 Å². The monoisotopic (exact) mass is 432 g/mol. The molecule has 0 radical (unpaired) electrons. The van der Waals surface area contributed by atoms with Crippen LogP contribution in [0.1, 0.15) is 25.3 Å². The molecule has 0 saturated carbocycles. The summed E-state index contributed by atoms with van der Waals surface area (Å²) in [5.74, 6) is 0.345. The van der Waals surface area contributed by atoms with Crippen molar-refractivity contribution in [1.29, 1.82) is 0 Å². The van der Waals surface area contributed by atoms with Gasteiger partial charge in [-0.3, -0.25) is 10.1 Å². The molecule has 0 aliphatic rings. The molecule has 154 valence electrons. The molecule has 8 heteroatoms. The Morgan fingerprint density at radius 2 is 2.10 bits per heavy atom. The van der Waals surface area contributed by atoms with Crippen LogP contribution in [-0.2, 0) is 11.2 Å². The maximum absolute atomic E-state index is 12.2. The standard InChI is InChI=1S/C21H25ClN4O2S/c1-3-21(2,14-28-20-15(22)7-6-11-24-20)25-13-18(27)23-12-10-19-26-16-8-4-5-9-17(16)29-19/h4-9,11,25H,3,10,12-14H2,1-2H3,(H,23,27)/t21-/m0/s1. The molecule has 0 fully saturated rings. The average Bonchev–Trinajstić information content (AvgIpc) is 3.14. The van der Waals surface area contributed by atoms with E-state index in [2.05, 4.69) is 26.7 Å². The smallest absolute Gasteiger partial charge is 0.233 e. The van der Waals surface area contributed by atoms with Crippen molar-refractivity contribution in [1.82, 2.24) is 20.6 Å². The van der Waals surface area contributed by atoms with Gasteiger partial charge in [0.05, 0.1) is 21.8 Å². The van der Waals surface area contributed by atoms with Gasteiger partial charge in [-0.15, -0.1) is 11.3 Å². The first kappa shape index (κ1) is 21.5. The molecule has 2 heterocycles. The lowest BCUT2D eigenvalue weighted by atomic mass is 10.0. The quantitative estimate of drug-likeness (QED) is 0.509. The average molecular weight is 433 g/mol. The normalized spacial score (nSPS) is 13.2. The van der Waals surface area contributed by atoms with Crippen LogP contribution in [0.15, 0.2) is 42.6 Å². The van der Waals surface area contributed by atoms with Gasteiger partial charge in [0.1, 0.15) is 11.6 Å². The summed E-state index contributed by atoms with van der Waals surface area (Å²) in [7, 11) is 0. The number of hydrogen-bond acceptors (Lipinski definition) is 6. The van der Waals surface area contributed by atoms with E-state index in [9.17, 15) is 4.79 Å². The Morgan fingerprint density at radius 3 is 2.86 bits per heavy atom. The number of nitrogens with zero attached hydrogens (tertiary/aromatic N) is 2. The minimum atomic E-state index is -0.370. The topological polar surface area (TPSA) is 76.1 Å². The summed E-state index contributed by atoms with van der Waals surface area (Å²) < 4.78 is 6.92. The van der Waals surface area contributed by atoms with E-state index in [1.165, 1.54) is 4.70 Å². The summed E-state index contributed by atoms with van der Waals surface area (Å²) in [6.45, 7) is 5.19. The van der Waals surface area contributed by atoms with E-state index < -0.39 is 0 Å². The summed E-state index contributed by atoms with van der Waals surface area (Å²) in [6.07, 6.45) is 3.14. The lowest BCUT2D eigenvalue weighted by Crippen LogP contribution is -2.50. The minimum absolute atomic E-state index is 0.0540. The van der Waals surface area contributed by atoms with Gasteiger partial charge < -0.3 is 10.1 Å². The molecule has 0 aliphatic heterocycles. The summed E-state index contributed by atoms with van der Waals surface area (Å²) in [5.41, 5.74) is 0.637. The highest BCUT2D eigenvalue weighted by atomic mass is 35.5. The highest BCUT2D eigenvalue weighted by molar-refractivity contribution is 7.18. The van der Waals surface area contributed by atoms with Gasteiger partial charge in [-0.2, -0.15) is 0 Å². The molecule has 29 heavy (non-hydrogen) atoms. The molecule has 3 aromatic rings. The molecule has 0 aliphatic carbocycles. The highest BCUT2D eigenvalue weighted by Crippen LogP contribution is 2.22. The Morgan fingerprint density at radius 1 is 1.28 bits per heavy atom. The Labute approximate surface area is 179 Å². The first-order valence-electron chi connectivity index (χ1n) is 9.58. The number of hydrogen-bond donors (Lipinski definition) is 2. The van der Waals surface area contributed by atoms with Gasteiger partial charge in [-0.25, -0.2) is 9.97 Å². The number of benzene rings is 1. The van der Waals surface area contributed by atoms with E-state index in [-0.39, 0.29) is 18.0 Å². The van der Waals surface area contributed by atoms with E-state index in [0.29, 0.717) is 24.1 Å². The maximum Gasteiger partial charge on any atom is 0.233 e. The minimum Gasteiger partial charge on any atom is -0.475 e. The summed E-state index contributed by atoms with van der Waals surface area (Å²) in [5, 5.41) is 7.73. The molecule has 0 bridgehead atoms. The number of pyridine rings is 1. The van der Waals surface area contributed by atoms with Crippen LogP contribution in [0.25, 0.3) is 10.2 Å². The van der Waals surface area contributed by atoms with Crippen LogP contribution in [0, 0.1) is 0 Å². The first-order valence-corrected chi connectivity index (χ1v) is 10.8. The number of fused-ring (bicyclic) bond motifs is 1. The zero-order valence-corrected chi connectivity index (χ0v) is 18.1. The largest absolute Gasteiger partial charge is 0.475 e. The molecule has 0 unspecified atom stereocenters. The zero-order valence-electron chi connectivity index (χ0n) is 16.6. The van der Waals surface area contributed by atoms with Crippen LogP contribution in [0.3, 0.4) is 0 Å². The van der Waals surface area contributed by atoms with Crippen LogP contribution in [0.2, 0.25) is 5.02 Å². The van der Waals surface area contributed by atoms with Crippen molar-refractivity contribution in [2.75, 3.05) is 19.7 Å². The molecule has 1 atom stereocenters. The van der Waals surface area contributed by atoms with Crippen LogP contribution in [0.4, 0.5) is 0 Å². The fourth-order valence-corrected chi connectivity index (χ4v) is 3.82. The second-order valence-electron chi connectivity index (χ2n) is 7.02. The molecular weight excluding hydrogens is 408 g/mol. The van der Waals surface area contributed by atoms with Gasteiger partial charge >= 0.3 is 0 Å². The van der Waals surface area contributed by atoms with Crippen molar-refractivity contribution in [3.8, 4) is 5.88 Å². The number of para-hydroxylation sites is 1. The zero-order chi connectivity index (χ0) is 20.7. The summed E-state index contributed by atoms with van der Waals surface area (Å²) >= 11 is 7.75. The molecule has 1 amide bonds. The van der Waals surface area contributed by atoms with E-state index in [4.69, 9.17) is 16.3 Å². The van der Waals surface area contributed by atoms with E-state index in [1.54, 1.807) is 29.7 Å². The molecule has 3 rings (SSSR count). The van der Waals surface area contributed by atoms with Crippen LogP contribution in [0.5, 0.6) is 5.88 Å². The second-order valence-corrected chi connectivity index (χ2v) is 8.54. The number of thiazole rings is 1. The van der Waals surface area contributed by atoms with Crippen molar-refractivity contribution in [3.05, 3.63) is 52.6 Å². The SMILES string of the molecule is CC[C@@](C)(COc1ncccc1Cl)NCC(=O)NCCc1nc2ccccc2s1. The first-order chi connectivity index (χ1) is 14.0. The Hall–Kier alpha value is -2.22. The third-order valence-corrected chi connectivity index (χ3v) is 6.09. The van der Waals surface area contributed by atoms with Crippen molar-refractivity contribution in [3.63, 3.8) is 0 Å². The predicted molar refractivity (Wildman–Crippen MR) is 118 cm³/mol. The van der Waals surface area contributed by atoms with Crippen molar-refractivity contribution >= 4 is 39.1 Å². The van der Waals surface area contributed by atoms with Gasteiger partial charge in [-0.1, -0.05) is 30.7 Å². The number of ether oxygens (including phenoxy) is 1. The van der Waals surface area contributed by atoms with Crippen molar-refractivity contribution in [2.24, 2.45) is 0 Å². The number of carbonyl (C=O) groups excluding carboxylic acids is 1. The number of carbonyl (C=O) groups is 1. The Bertz CT molecular complexity index is 932. The van der Waals surface area contributed by atoms with Crippen LogP contribution in [-0.4, -0.2) is 41.1 Å². The predicted octanol–water partition coefficient (Wildman–Crippen LogP) is 3.84. The fraction of sp³-hybridized carbons (Fsp3) is 0.381. The molecular formula is C21H25ClN4O2S. The van der Waals surface area contributed by atoms with E-state index >= 15 is 0 Å². The number of aromatic nitrogens is 2.